The van der Waals surface area contributed by atoms with Crippen molar-refractivity contribution in [2.24, 2.45) is 0 Å². The quantitative estimate of drug-likeness (QED) is 0.797. The summed E-state index contributed by atoms with van der Waals surface area (Å²) in [5.74, 6) is -1.25. The highest BCUT2D eigenvalue weighted by atomic mass is 19.4. The summed E-state index contributed by atoms with van der Waals surface area (Å²) in [7, 11) is 1.77. The van der Waals surface area contributed by atoms with Crippen LogP contribution in [-0.4, -0.2) is 16.9 Å². The van der Waals surface area contributed by atoms with E-state index in [4.69, 9.17) is 0 Å². The van der Waals surface area contributed by atoms with Crippen LogP contribution in [0.4, 0.5) is 17.6 Å². The average molecular weight is 298 g/mol. The van der Waals surface area contributed by atoms with E-state index in [9.17, 15) is 17.6 Å². The summed E-state index contributed by atoms with van der Waals surface area (Å²) in [4.78, 5) is 5.96. The van der Waals surface area contributed by atoms with Crippen LogP contribution in [0.15, 0.2) is 42.6 Å². The molecule has 2 rings (SSSR count). The lowest BCUT2D eigenvalue weighted by atomic mass is 10.1. The number of aromatic nitrogens is 1. The molecule has 0 radical (unpaired) electrons. The lowest BCUT2D eigenvalue weighted by molar-refractivity contribution is -0.140. The van der Waals surface area contributed by atoms with E-state index in [1.807, 2.05) is 17.0 Å². The molecule has 2 nitrogen and oxygen atoms in total. The molecule has 1 aromatic heterocycles. The van der Waals surface area contributed by atoms with Crippen molar-refractivity contribution in [3.05, 3.63) is 65.2 Å². The minimum absolute atomic E-state index is 0.278. The molecule has 0 aliphatic carbocycles. The summed E-state index contributed by atoms with van der Waals surface area (Å²) < 4.78 is 51.2. The summed E-state index contributed by atoms with van der Waals surface area (Å²) >= 11 is 0. The summed E-state index contributed by atoms with van der Waals surface area (Å²) in [5.41, 5.74) is -0.00783. The van der Waals surface area contributed by atoms with Crippen LogP contribution in [0.3, 0.4) is 0 Å². The van der Waals surface area contributed by atoms with Gasteiger partial charge in [-0.05, 0) is 36.9 Å². The smallest absolute Gasteiger partial charge is 0.296 e. The molecule has 0 aliphatic rings. The van der Waals surface area contributed by atoms with Gasteiger partial charge in [-0.15, -0.1) is 0 Å². The summed E-state index contributed by atoms with van der Waals surface area (Å²) in [6, 6.07) is 8.54. The molecule has 0 spiro atoms. The molecule has 2 aromatic rings. The summed E-state index contributed by atoms with van der Waals surface area (Å²) in [6.45, 7) is 0.777. The van der Waals surface area contributed by atoms with Crippen molar-refractivity contribution in [3.8, 4) is 0 Å². The second kappa shape index (κ2) is 6.22. The van der Waals surface area contributed by atoms with Crippen molar-refractivity contribution in [1.82, 2.24) is 9.88 Å². The molecule has 0 fully saturated rings. The second-order valence-corrected chi connectivity index (χ2v) is 4.81. The first kappa shape index (κ1) is 15.4. The monoisotopic (exact) mass is 298 g/mol. The first-order valence-corrected chi connectivity index (χ1v) is 6.30. The third kappa shape index (κ3) is 4.26. The molecule has 0 amide bonds. The van der Waals surface area contributed by atoms with Crippen molar-refractivity contribution in [2.45, 2.75) is 19.3 Å². The van der Waals surface area contributed by atoms with Gasteiger partial charge in [0.25, 0.3) is 0 Å². The third-order valence-electron chi connectivity index (χ3n) is 2.95. The number of hydrogen-bond donors (Lipinski definition) is 0. The van der Waals surface area contributed by atoms with Gasteiger partial charge in [-0.2, -0.15) is 13.2 Å². The Hall–Kier alpha value is -1.95. The zero-order valence-electron chi connectivity index (χ0n) is 11.4. The zero-order chi connectivity index (χ0) is 15.5. The maximum atomic E-state index is 13.2. The van der Waals surface area contributed by atoms with E-state index in [-0.39, 0.29) is 6.54 Å². The second-order valence-electron chi connectivity index (χ2n) is 4.81. The predicted octanol–water partition coefficient (Wildman–Crippen LogP) is 3.87. The van der Waals surface area contributed by atoms with Gasteiger partial charge in [0.2, 0.25) is 0 Å². The Morgan fingerprint density at radius 1 is 1.10 bits per heavy atom. The summed E-state index contributed by atoms with van der Waals surface area (Å²) in [5, 5.41) is 0. The Kier molecular flexibility index (Phi) is 4.57. The standard InChI is InChI=1S/C15H14F4N2/c1-21(10-12-4-2-3-7-20-12)9-11-5-6-14(16)13(8-11)15(17,18)19/h2-8H,9-10H2,1H3. The Bertz CT molecular complexity index is 596. The maximum Gasteiger partial charge on any atom is 0.419 e. The SMILES string of the molecule is CN(Cc1ccc(F)c(C(F)(F)F)c1)Cc1ccccn1. The molecule has 112 valence electrons. The van der Waals surface area contributed by atoms with E-state index >= 15 is 0 Å². The number of hydrogen-bond acceptors (Lipinski definition) is 2. The lowest BCUT2D eigenvalue weighted by Gasteiger charge is -2.17. The van der Waals surface area contributed by atoms with Gasteiger partial charge in [0, 0.05) is 19.3 Å². The molecule has 0 bridgehead atoms. The molecular formula is C15H14F4N2. The topological polar surface area (TPSA) is 16.1 Å². The zero-order valence-corrected chi connectivity index (χ0v) is 11.4. The largest absolute Gasteiger partial charge is 0.419 e. The van der Waals surface area contributed by atoms with E-state index in [0.717, 1.165) is 17.8 Å². The van der Waals surface area contributed by atoms with Crippen molar-refractivity contribution >= 4 is 0 Å². The van der Waals surface area contributed by atoms with Crippen LogP contribution in [0.2, 0.25) is 0 Å². The van der Waals surface area contributed by atoms with Crippen LogP contribution in [0, 0.1) is 5.82 Å². The van der Waals surface area contributed by atoms with Crippen molar-refractivity contribution in [2.75, 3.05) is 7.05 Å². The molecule has 0 N–H and O–H groups in total. The molecule has 1 aromatic carbocycles. The highest BCUT2D eigenvalue weighted by Crippen LogP contribution is 2.32. The van der Waals surface area contributed by atoms with Gasteiger partial charge in [-0.1, -0.05) is 12.1 Å². The fourth-order valence-corrected chi connectivity index (χ4v) is 2.02. The van der Waals surface area contributed by atoms with Crippen LogP contribution in [0.25, 0.3) is 0 Å². The Labute approximate surface area is 120 Å². The molecular weight excluding hydrogens is 284 g/mol. The Morgan fingerprint density at radius 2 is 1.86 bits per heavy atom. The Balaban J connectivity index is 2.09. The highest BCUT2D eigenvalue weighted by Gasteiger charge is 2.34. The van der Waals surface area contributed by atoms with Gasteiger partial charge in [0.1, 0.15) is 5.82 Å². The van der Waals surface area contributed by atoms with Gasteiger partial charge in [0.15, 0.2) is 0 Å². The number of halogens is 4. The van der Waals surface area contributed by atoms with Gasteiger partial charge < -0.3 is 0 Å². The van der Waals surface area contributed by atoms with Crippen LogP contribution in [-0.2, 0) is 19.3 Å². The minimum atomic E-state index is -4.68. The first-order valence-electron chi connectivity index (χ1n) is 6.30. The maximum absolute atomic E-state index is 13.2. The molecule has 21 heavy (non-hydrogen) atoms. The van der Waals surface area contributed by atoms with Crippen LogP contribution < -0.4 is 0 Å². The van der Waals surface area contributed by atoms with Gasteiger partial charge in [-0.3, -0.25) is 9.88 Å². The van der Waals surface area contributed by atoms with Gasteiger partial charge in [0.05, 0.1) is 11.3 Å². The molecule has 0 atom stereocenters. The fourth-order valence-electron chi connectivity index (χ4n) is 2.02. The number of nitrogens with zero attached hydrogens (tertiary/aromatic N) is 2. The molecule has 0 saturated carbocycles. The van der Waals surface area contributed by atoms with Gasteiger partial charge >= 0.3 is 6.18 Å². The van der Waals surface area contributed by atoms with Crippen molar-refractivity contribution in [1.29, 1.82) is 0 Å². The van der Waals surface area contributed by atoms with Crippen LogP contribution in [0.1, 0.15) is 16.8 Å². The number of alkyl halides is 3. The van der Waals surface area contributed by atoms with E-state index < -0.39 is 17.6 Å². The Morgan fingerprint density at radius 3 is 2.48 bits per heavy atom. The van der Waals surface area contributed by atoms with Crippen LogP contribution >= 0.6 is 0 Å². The fraction of sp³-hybridized carbons (Fsp3) is 0.267. The number of benzene rings is 1. The molecule has 1 heterocycles. The third-order valence-corrected chi connectivity index (χ3v) is 2.95. The first-order chi connectivity index (χ1) is 9.86. The minimum Gasteiger partial charge on any atom is -0.296 e. The van der Waals surface area contributed by atoms with E-state index in [2.05, 4.69) is 4.98 Å². The number of rotatable bonds is 4. The molecule has 6 heteroatoms. The lowest BCUT2D eigenvalue weighted by Crippen LogP contribution is -2.18. The molecule has 0 saturated heterocycles. The predicted molar refractivity (Wildman–Crippen MR) is 70.8 cm³/mol. The van der Waals surface area contributed by atoms with Gasteiger partial charge in [-0.25, -0.2) is 4.39 Å². The van der Waals surface area contributed by atoms with Crippen LogP contribution in [0.5, 0.6) is 0 Å². The van der Waals surface area contributed by atoms with Crippen molar-refractivity contribution < 1.29 is 17.6 Å². The highest BCUT2D eigenvalue weighted by molar-refractivity contribution is 5.27. The normalized spacial score (nSPS) is 11.9. The van der Waals surface area contributed by atoms with E-state index in [1.165, 1.54) is 6.07 Å². The molecule has 0 unspecified atom stereocenters. The average Bonchev–Trinajstić information content (AvgIpc) is 2.41. The summed E-state index contributed by atoms with van der Waals surface area (Å²) in [6.07, 6.45) is -3.03. The van der Waals surface area contributed by atoms with E-state index in [0.29, 0.717) is 12.1 Å². The number of pyridine rings is 1. The van der Waals surface area contributed by atoms with E-state index in [1.54, 1.807) is 19.3 Å². The van der Waals surface area contributed by atoms with Crippen molar-refractivity contribution in [3.63, 3.8) is 0 Å². The molecule has 0 aliphatic heterocycles.